The van der Waals surface area contributed by atoms with Gasteiger partial charge in [0.15, 0.2) is 0 Å². The van der Waals surface area contributed by atoms with Crippen LogP contribution in [0.1, 0.15) is 36.2 Å². The van der Waals surface area contributed by atoms with Crippen molar-refractivity contribution >= 4 is 5.97 Å². The van der Waals surface area contributed by atoms with Crippen molar-refractivity contribution < 1.29 is 9.90 Å². The highest BCUT2D eigenvalue weighted by Gasteiger charge is 2.34. The molecule has 3 heterocycles. The van der Waals surface area contributed by atoms with Crippen LogP contribution in [0.25, 0.3) is 0 Å². The molecular weight excluding hydrogens is 366 g/mol. The Kier molecular flexibility index (Phi) is 7.49. The average molecular weight is 404 g/mol. The Morgan fingerprint density at radius 1 is 1.24 bits per heavy atom. The van der Waals surface area contributed by atoms with Crippen LogP contribution in [0.3, 0.4) is 0 Å². The van der Waals surface area contributed by atoms with E-state index in [0.29, 0.717) is 12.0 Å². The first-order chi connectivity index (χ1) is 13.9. The van der Waals surface area contributed by atoms with E-state index in [-0.39, 0.29) is 6.42 Å². The lowest BCUT2D eigenvalue weighted by Crippen LogP contribution is -2.56. The number of carboxylic acid groups (broad SMARTS) is 1. The second-order valence-corrected chi connectivity index (χ2v) is 8.74. The first-order valence-corrected chi connectivity index (χ1v) is 10.9. The molecular formula is C22H37N5O2. The second-order valence-electron chi connectivity index (χ2n) is 8.74. The molecule has 3 rings (SSSR count). The predicted molar refractivity (Wildman–Crippen MR) is 115 cm³/mol. The number of piperazine rings is 1. The SMILES string of the molecule is C=CCn1nc(C)c(CN2CC[C@H](N3CCN(C)CC3)[C@H](CCC(=O)O)C2)c1C. The third-order valence-corrected chi connectivity index (χ3v) is 6.73. The van der Waals surface area contributed by atoms with Crippen LogP contribution >= 0.6 is 0 Å². The van der Waals surface area contributed by atoms with Crippen LogP contribution in [-0.2, 0) is 17.9 Å². The molecule has 29 heavy (non-hydrogen) atoms. The van der Waals surface area contributed by atoms with Crippen LogP contribution in [0, 0.1) is 19.8 Å². The third kappa shape index (κ3) is 5.47. The summed E-state index contributed by atoms with van der Waals surface area (Å²) in [6, 6.07) is 0.505. The summed E-state index contributed by atoms with van der Waals surface area (Å²) in [5.74, 6) is -0.274. The number of carbonyl (C=O) groups is 1. The van der Waals surface area contributed by atoms with E-state index in [0.717, 1.165) is 70.9 Å². The predicted octanol–water partition coefficient (Wildman–Crippen LogP) is 1.99. The summed E-state index contributed by atoms with van der Waals surface area (Å²) in [4.78, 5) is 18.7. The minimum atomic E-state index is -0.684. The second kappa shape index (κ2) is 9.87. The van der Waals surface area contributed by atoms with Gasteiger partial charge in [-0.2, -0.15) is 5.10 Å². The quantitative estimate of drug-likeness (QED) is 0.670. The van der Waals surface area contributed by atoms with Crippen molar-refractivity contribution in [1.29, 1.82) is 0 Å². The standard InChI is InChI=1S/C22H37N5O2/c1-5-9-27-18(3)20(17(2)23-27)16-25-10-8-21(19(15-25)6-7-22(28)29)26-13-11-24(4)12-14-26/h5,19,21H,1,6-16H2,2-4H3,(H,28,29)/t19-,21+/m1/s1. The van der Waals surface area contributed by atoms with Crippen LogP contribution in [0.5, 0.6) is 0 Å². The Balaban J connectivity index is 1.68. The fourth-order valence-electron chi connectivity index (χ4n) is 4.95. The van der Waals surface area contributed by atoms with Crippen molar-refractivity contribution in [2.75, 3.05) is 46.3 Å². The van der Waals surface area contributed by atoms with Gasteiger partial charge in [0.1, 0.15) is 0 Å². The monoisotopic (exact) mass is 403 g/mol. The van der Waals surface area contributed by atoms with Gasteiger partial charge in [-0.25, -0.2) is 0 Å². The number of hydrogen-bond donors (Lipinski definition) is 1. The number of nitrogens with zero attached hydrogens (tertiary/aromatic N) is 5. The van der Waals surface area contributed by atoms with Crippen molar-refractivity contribution in [1.82, 2.24) is 24.5 Å². The van der Waals surface area contributed by atoms with Gasteiger partial charge in [-0.15, -0.1) is 6.58 Å². The van der Waals surface area contributed by atoms with Gasteiger partial charge < -0.3 is 10.0 Å². The van der Waals surface area contributed by atoms with E-state index in [1.807, 2.05) is 10.8 Å². The van der Waals surface area contributed by atoms with E-state index in [1.165, 1.54) is 11.3 Å². The number of likely N-dealkylation sites (N-methyl/N-ethyl adjacent to an activating group) is 1. The van der Waals surface area contributed by atoms with Crippen LogP contribution in [-0.4, -0.2) is 87.9 Å². The molecule has 2 aliphatic heterocycles. The van der Waals surface area contributed by atoms with Gasteiger partial charge in [-0.05, 0) is 46.2 Å². The number of rotatable bonds is 8. The minimum Gasteiger partial charge on any atom is -0.481 e. The van der Waals surface area contributed by atoms with Crippen LogP contribution < -0.4 is 0 Å². The van der Waals surface area contributed by atoms with Crippen LogP contribution in [0.15, 0.2) is 12.7 Å². The maximum Gasteiger partial charge on any atom is 0.303 e. The number of carboxylic acids is 1. The molecule has 1 aromatic rings. The summed E-state index contributed by atoms with van der Waals surface area (Å²) < 4.78 is 2.02. The Bertz CT molecular complexity index is 708. The van der Waals surface area contributed by atoms with E-state index < -0.39 is 5.97 Å². The van der Waals surface area contributed by atoms with E-state index in [4.69, 9.17) is 0 Å². The van der Waals surface area contributed by atoms with Crippen molar-refractivity contribution in [2.24, 2.45) is 5.92 Å². The largest absolute Gasteiger partial charge is 0.481 e. The Labute approximate surface area is 175 Å². The molecule has 1 N–H and O–H groups in total. The number of hydrogen-bond acceptors (Lipinski definition) is 5. The van der Waals surface area contributed by atoms with Crippen molar-refractivity contribution in [2.45, 2.75) is 52.2 Å². The van der Waals surface area contributed by atoms with Gasteiger partial charge in [0.2, 0.25) is 0 Å². The van der Waals surface area contributed by atoms with Gasteiger partial charge in [-0.3, -0.25) is 19.3 Å². The first kappa shape index (κ1) is 22.0. The molecule has 0 radical (unpaired) electrons. The zero-order valence-corrected chi connectivity index (χ0v) is 18.3. The maximum absolute atomic E-state index is 11.2. The molecule has 7 nitrogen and oxygen atoms in total. The first-order valence-electron chi connectivity index (χ1n) is 10.9. The smallest absolute Gasteiger partial charge is 0.303 e. The lowest BCUT2D eigenvalue weighted by atomic mass is 9.86. The lowest BCUT2D eigenvalue weighted by molar-refractivity contribution is -0.137. The summed E-state index contributed by atoms with van der Waals surface area (Å²) in [5.41, 5.74) is 3.61. The van der Waals surface area contributed by atoms with E-state index >= 15 is 0 Å². The number of aliphatic carboxylic acids is 1. The fourth-order valence-corrected chi connectivity index (χ4v) is 4.95. The Morgan fingerprint density at radius 2 is 1.97 bits per heavy atom. The molecule has 2 fully saturated rings. The van der Waals surface area contributed by atoms with E-state index in [9.17, 15) is 9.90 Å². The summed E-state index contributed by atoms with van der Waals surface area (Å²) >= 11 is 0. The molecule has 1 aromatic heterocycles. The number of piperidine rings is 1. The fraction of sp³-hybridized carbons (Fsp3) is 0.727. The van der Waals surface area contributed by atoms with Crippen molar-refractivity contribution in [3.8, 4) is 0 Å². The molecule has 0 aliphatic carbocycles. The van der Waals surface area contributed by atoms with Crippen molar-refractivity contribution in [3.63, 3.8) is 0 Å². The minimum absolute atomic E-state index is 0.262. The molecule has 0 saturated carbocycles. The number of allylic oxidation sites excluding steroid dienone is 1. The average Bonchev–Trinajstić information content (AvgIpc) is 2.95. The highest BCUT2D eigenvalue weighted by Crippen LogP contribution is 2.29. The van der Waals surface area contributed by atoms with Gasteiger partial charge in [0.05, 0.1) is 12.2 Å². The van der Waals surface area contributed by atoms with Gasteiger partial charge in [0.25, 0.3) is 0 Å². The molecule has 0 bridgehead atoms. The van der Waals surface area contributed by atoms with Gasteiger partial charge in [-0.1, -0.05) is 6.08 Å². The highest BCUT2D eigenvalue weighted by molar-refractivity contribution is 5.66. The number of aromatic nitrogens is 2. The lowest BCUT2D eigenvalue weighted by Gasteiger charge is -2.46. The Morgan fingerprint density at radius 3 is 2.62 bits per heavy atom. The van der Waals surface area contributed by atoms with Crippen LogP contribution in [0.2, 0.25) is 0 Å². The van der Waals surface area contributed by atoms with Crippen LogP contribution in [0.4, 0.5) is 0 Å². The van der Waals surface area contributed by atoms with Crippen molar-refractivity contribution in [3.05, 3.63) is 29.6 Å². The molecule has 2 atom stereocenters. The topological polar surface area (TPSA) is 64.8 Å². The Hall–Kier alpha value is -1.70. The normalized spacial score (nSPS) is 24.7. The van der Waals surface area contributed by atoms with Gasteiger partial charge >= 0.3 is 5.97 Å². The molecule has 0 spiro atoms. The molecule has 0 unspecified atom stereocenters. The highest BCUT2D eigenvalue weighted by atomic mass is 16.4. The summed E-state index contributed by atoms with van der Waals surface area (Å²) in [7, 11) is 2.18. The molecule has 2 aliphatic rings. The molecule has 0 aromatic carbocycles. The third-order valence-electron chi connectivity index (χ3n) is 6.73. The molecule has 7 heteroatoms. The van der Waals surface area contributed by atoms with Gasteiger partial charge in [0, 0.05) is 63.0 Å². The molecule has 2 saturated heterocycles. The summed E-state index contributed by atoms with van der Waals surface area (Å²) in [6.07, 6.45) is 4.02. The maximum atomic E-state index is 11.2. The zero-order chi connectivity index (χ0) is 21.0. The number of aryl methyl sites for hydroxylation is 1. The summed E-state index contributed by atoms with van der Waals surface area (Å²) in [6.45, 7) is 16.1. The number of likely N-dealkylation sites (tertiary alicyclic amines) is 1. The summed E-state index contributed by atoms with van der Waals surface area (Å²) in [5, 5.41) is 13.9. The zero-order valence-electron chi connectivity index (χ0n) is 18.3. The van der Waals surface area contributed by atoms with E-state index in [1.54, 1.807) is 0 Å². The molecule has 0 amide bonds. The molecule has 162 valence electrons. The van der Waals surface area contributed by atoms with E-state index in [2.05, 4.69) is 47.3 Å².